The van der Waals surface area contributed by atoms with E-state index in [-0.39, 0.29) is 17.4 Å². The summed E-state index contributed by atoms with van der Waals surface area (Å²) in [5.41, 5.74) is 0.636. The van der Waals surface area contributed by atoms with E-state index in [0.717, 1.165) is 43.7 Å². The molecular formula is C15H24N2O3S. The van der Waals surface area contributed by atoms with Gasteiger partial charge < -0.3 is 9.47 Å². The number of unbranched alkanes of at least 4 members (excludes halogenated alkanes) is 1. The highest BCUT2D eigenvalue weighted by Crippen LogP contribution is 2.31. The zero-order valence-corrected chi connectivity index (χ0v) is 13.6. The average Bonchev–Trinajstić information content (AvgIpc) is 2.93. The van der Waals surface area contributed by atoms with Crippen molar-refractivity contribution in [1.82, 2.24) is 9.55 Å². The predicted molar refractivity (Wildman–Crippen MR) is 84.6 cm³/mol. The number of nitrogens with zero attached hydrogens (tertiary/aromatic N) is 2. The van der Waals surface area contributed by atoms with Gasteiger partial charge in [-0.3, -0.25) is 4.57 Å². The van der Waals surface area contributed by atoms with Crippen LogP contribution < -0.4 is 5.69 Å². The molecule has 0 saturated carbocycles. The van der Waals surface area contributed by atoms with Crippen LogP contribution in [0.4, 0.5) is 0 Å². The number of aromatic nitrogens is 2. The zero-order valence-electron chi connectivity index (χ0n) is 12.8. The lowest BCUT2D eigenvalue weighted by molar-refractivity contribution is -0.0251. The Bertz CT molecular complexity index is 492. The van der Waals surface area contributed by atoms with E-state index in [2.05, 4.69) is 18.8 Å². The van der Waals surface area contributed by atoms with Crippen molar-refractivity contribution in [1.29, 1.82) is 0 Å². The molecule has 5 nitrogen and oxygen atoms in total. The van der Waals surface area contributed by atoms with E-state index < -0.39 is 0 Å². The van der Waals surface area contributed by atoms with Crippen molar-refractivity contribution in [3.05, 3.63) is 28.4 Å². The molecule has 0 aromatic carbocycles. The van der Waals surface area contributed by atoms with E-state index in [1.54, 1.807) is 22.5 Å². The molecule has 1 saturated heterocycles. The number of rotatable bonds is 8. The first-order chi connectivity index (χ1) is 10.2. The van der Waals surface area contributed by atoms with Crippen LogP contribution in [-0.2, 0) is 15.9 Å². The second-order valence-corrected chi connectivity index (χ2v) is 6.33. The molecule has 1 aromatic rings. The van der Waals surface area contributed by atoms with Crippen LogP contribution in [0, 0.1) is 0 Å². The summed E-state index contributed by atoms with van der Waals surface area (Å²) in [5.74, 6) is 0.760. The molecule has 2 rings (SSSR count). The minimum Gasteiger partial charge on any atom is -0.378 e. The van der Waals surface area contributed by atoms with Crippen LogP contribution in [0.3, 0.4) is 0 Å². The molecule has 1 fully saturated rings. The number of hydrogen-bond acceptors (Lipinski definition) is 5. The fourth-order valence-electron chi connectivity index (χ4n) is 2.17. The second kappa shape index (κ2) is 8.56. The lowest BCUT2D eigenvalue weighted by atomic mass is 10.2. The first kappa shape index (κ1) is 16.5. The number of aryl methyl sites for hydroxylation is 1. The van der Waals surface area contributed by atoms with Crippen LogP contribution in [0.25, 0.3) is 0 Å². The molecule has 118 valence electrons. The highest BCUT2D eigenvalue weighted by molar-refractivity contribution is 8.00. The largest absolute Gasteiger partial charge is 0.378 e. The lowest BCUT2D eigenvalue weighted by Gasteiger charge is -2.15. The molecule has 0 unspecified atom stereocenters. The van der Waals surface area contributed by atoms with Gasteiger partial charge in [0.15, 0.2) is 0 Å². The zero-order chi connectivity index (χ0) is 15.1. The summed E-state index contributed by atoms with van der Waals surface area (Å²) in [4.78, 5) is 16.1. The van der Waals surface area contributed by atoms with Gasteiger partial charge in [0.25, 0.3) is 0 Å². The maximum absolute atomic E-state index is 12.0. The number of hydrogen-bond donors (Lipinski definition) is 0. The summed E-state index contributed by atoms with van der Waals surface area (Å²) >= 11 is 1.69. The Morgan fingerprint density at radius 1 is 1.48 bits per heavy atom. The van der Waals surface area contributed by atoms with Crippen LogP contribution in [0.1, 0.15) is 45.0 Å². The highest BCUT2D eigenvalue weighted by Gasteiger charge is 2.28. The van der Waals surface area contributed by atoms with Gasteiger partial charge in [0.1, 0.15) is 11.7 Å². The van der Waals surface area contributed by atoms with E-state index >= 15 is 0 Å². The smallest absolute Gasteiger partial charge is 0.349 e. The quantitative estimate of drug-likeness (QED) is 0.691. The van der Waals surface area contributed by atoms with Gasteiger partial charge in [-0.05, 0) is 18.9 Å². The molecule has 0 radical (unpaired) electrons. The van der Waals surface area contributed by atoms with Crippen molar-refractivity contribution in [2.45, 2.75) is 51.2 Å². The summed E-state index contributed by atoms with van der Waals surface area (Å²) in [6.45, 7) is 5.57. The summed E-state index contributed by atoms with van der Waals surface area (Å²) < 4.78 is 13.0. The van der Waals surface area contributed by atoms with Gasteiger partial charge in [0.2, 0.25) is 0 Å². The molecule has 1 aliphatic rings. The highest BCUT2D eigenvalue weighted by atomic mass is 32.2. The molecular weight excluding hydrogens is 288 g/mol. The van der Waals surface area contributed by atoms with E-state index in [0.29, 0.717) is 6.61 Å². The van der Waals surface area contributed by atoms with Crippen LogP contribution in [0.5, 0.6) is 0 Å². The Morgan fingerprint density at radius 3 is 3.05 bits per heavy atom. The lowest BCUT2D eigenvalue weighted by Crippen LogP contribution is -2.29. The summed E-state index contributed by atoms with van der Waals surface area (Å²) in [6, 6.07) is 1.91. The van der Waals surface area contributed by atoms with Crippen molar-refractivity contribution >= 4 is 11.8 Å². The normalized spacial score (nSPS) is 21.8. The SMILES string of the molecule is CCCCOC[C@H]1O[C@@H](n2ccc(CCC)nc2=O)CS1. The Balaban J connectivity index is 1.87. The molecule has 2 heterocycles. The molecule has 6 heteroatoms. The fraction of sp³-hybridized carbons (Fsp3) is 0.733. The number of ether oxygens (including phenoxy) is 2. The topological polar surface area (TPSA) is 53.4 Å². The summed E-state index contributed by atoms with van der Waals surface area (Å²) in [6.07, 6.45) is 5.60. The fourth-order valence-corrected chi connectivity index (χ4v) is 3.18. The molecule has 1 aromatic heterocycles. The molecule has 21 heavy (non-hydrogen) atoms. The first-order valence-corrected chi connectivity index (χ1v) is 8.72. The standard InChI is InChI=1S/C15H24N2O3S/c1-3-5-9-19-10-14-20-13(11-21-14)17-8-7-12(6-4-2)16-15(17)18/h7-8,13-14H,3-6,9-11H2,1-2H3/t13-,14+/m1/s1. The third-order valence-corrected chi connectivity index (χ3v) is 4.43. The van der Waals surface area contributed by atoms with E-state index in [4.69, 9.17) is 9.47 Å². The molecule has 1 aliphatic heterocycles. The van der Waals surface area contributed by atoms with Gasteiger partial charge in [-0.2, -0.15) is 4.98 Å². The molecule has 2 atom stereocenters. The van der Waals surface area contributed by atoms with E-state index in [1.807, 2.05) is 6.07 Å². The Kier molecular flexibility index (Phi) is 6.73. The Hall–Kier alpha value is -0.850. The van der Waals surface area contributed by atoms with Crippen molar-refractivity contribution < 1.29 is 9.47 Å². The molecule has 0 bridgehead atoms. The first-order valence-electron chi connectivity index (χ1n) is 7.67. The summed E-state index contributed by atoms with van der Waals surface area (Å²) in [5, 5.41) is 0. The van der Waals surface area contributed by atoms with Gasteiger partial charge in [0.05, 0.1) is 6.61 Å². The molecule has 0 N–H and O–H groups in total. The minimum atomic E-state index is -0.231. The van der Waals surface area contributed by atoms with Crippen molar-refractivity contribution in [3.63, 3.8) is 0 Å². The predicted octanol–water partition coefficient (Wildman–Crippen LogP) is 2.60. The van der Waals surface area contributed by atoms with Gasteiger partial charge in [-0.25, -0.2) is 4.79 Å². The van der Waals surface area contributed by atoms with Crippen LogP contribution in [-0.4, -0.2) is 34.0 Å². The molecule has 0 spiro atoms. The minimum absolute atomic E-state index is 0.00840. The van der Waals surface area contributed by atoms with Crippen molar-refractivity contribution in [3.8, 4) is 0 Å². The van der Waals surface area contributed by atoms with Gasteiger partial charge in [-0.1, -0.05) is 26.7 Å². The van der Waals surface area contributed by atoms with Crippen LogP contribution in [0.2, 0.25) is 0 Å². The van der Waals surface area contributed by atoms with Gasteiger partial charge >= 0.3 is 5.69 Å². The maximum Gasteiger partial charge on any atom is 0.349 e. The van der Waals surface area contributed by atoms with E-state index in [1.165, 1.54) is 0 Å². The van der Waals surface area contributed by atoms with E-state index in [9.17, 15) is 4.79 Å². The number of thioether (sulfide) groups is 1. The van der Waals surface area contributed by atoms with Crippen molar-refractivity contribution in [2.24, 2.45) is 0 Å². The Labute approximate surface area is 130 Å². The third-order valence-electron chi connectivity index (χ3n) is 3.33. The van der Waals surface area contributed by atoms with Crippen LogP contribution >= 0.6 is 11.8 Å². The van der Waals surface area contributed by atoms with Gasteiger partial charge in [0, 0.05) is 24.3 Å². The van der Waals surface area contributed by atoms with Crippen LogP contribution in [0.15, 0.2) is 17.1 Å². The average molecular weight is 312 g/mol. The second-order valence-electron chi connectivity index (χ2n) is 5.14. The Morgan fingerprint density at radius 2 is 2.33 bits per heavy atom. The monoisotopic (exact) mass is 312 g/mol. The maximum atomic E-state index is 12.0. The summed E-state index contributed by atoms with van der Waals surface area (Å²) in [7, 11) is 0. The van der Waals surface area contributed by atoms with Gasteiger partial charge in [-0.15, -0.1) is 11.8 Å². The third kappa shape index (κ3) is 4.83. The van der Waals surface area contributed by atoms with Crippen molar-refractivity contribution in [2.75, 3.05) is 19.0 Å². The molecule has 0 amide bonds. The molecule has 0 aliphatic carbocycles.